The summed E-state index contributed by atoms with van der Waals surface area (Å²) in [5.74, 6) is -0.202. The second-order valence-electron chi connectivity index (χ2n) is 5.17. The lowest BCUT2D eigenvalue weighted by molar-refractivity contribution is 0.0956. The third-order valence-electron chi connectivity index (χ3n) is 3.66. The Morgan fingerprint density at radius 2 is 1.73 bits per heavy atom. The van der Waals surface area contributed by atoms with E-state index in [9.17, 15) is 4.79 Å². The number of carbonyl (C=O) groups is 1. The third-order valence-corrected chi connectivity index (χ3v) is 3.66. The molecule has 0 aliphatic carbocycles. The number of hydrogen-bond donors (Lipinski definition) is 1. The number of para-hydroxylation sites is 1. The first kappa shape index (κ1) is 14.1. The third kappa shape index (κ3) is 2.63. The fourth-order valence-electron chi connectivity index (χ4n) is 2.46. The molecule has 0 aliphatic heterocycles. The molecule has 1 aromatic heterocycles. The number of aromatic nitrogens is 1. The Labute approximate surface area is 129 Å². The lowest BCUT2D eigenvalue weighted by Gasteiger charge is -2.02. The Hall–Kier alpha value is -2.88. The first-order chi connectivity index (χ1) is 10.7. The number of nitrogens with one attached hydrogen (secondary N) is 1. The minimum absolute atomic E-state index is 0.202. The summed E-state index contributed by atoms with van der Waals surface area (Å²) in [6.45, 7) is 1.87. The zero-order valence-electron chi connectivity index (χ0n) is 12.6. The van der Waals surface area contributed by atoms with E-state index in [-0.39, 0.29) is 5.91 Å². The largest absolute Gasteiger partial charge is 0.350 e. The number of nitrogens with zero attached hydrogens (tertiary/aromatic N) is 2. The lowest BCUT2D eigenvalue weighted by Crippen LogP contribution is -2.19. The van der Waals surface area contributed by atoms with Crippen molar-refractivity contribution in [2.75, 3.05) is 0 Å². The van der Waals surface area contributed by atoms with Gasteiger partial charge in [-0.05, 0) is 18.6 Å². The number of fused-ring (bicyclic) bond motifs is 1. The van der Waals surface area contributed by atoms with Crippen molar-refractivity contribution in [3.8, 4) is 0 Å². The molecule has 1 heterocycles. The molecule has 0 saturated heterocycles. The van der Waals surface area contributed by atoms with Gasteiger partial charge in [0.15, 0.2) is 0 Å². The van der Waals surface area contributed by atoms with Gasteiger partial charge in [-0.15, -0.1) is 0 Å². The molecule has 1 N–H and O–H groups in total. The van der Waals surface area contributed by atoms with Crippen molar-refractivity contribution >= 4 is 22.5 Å². The molecule has 110 valence electrons. The maximum absolute atomic E-state index is 12.4. The highest BCUT2D eigenvalue weighted by Gasteiger charge is 2.13. The number of rotatable bonds is 3. The van der Waals surface area contributed by atoms with Crippen LogP contribution >= 0.6 is 0 Å². The fourth-order valence-corrected chi connectivity index (χ4v) is 2.46. The van der Waals surface area contributed by atoms with Crippen molar-refractivity contribution in [3.63, 3.8) is 0 Å². The molecular weight excluding hydrogens is 274 g/mol. The molecule has 2 aromatic carbocycles. The van der Waals surface area contributed by atoms with E-state index < -0.39 is 0 Å². The van der Waals surface area contributed by atoms with Gasteiger partial charge in [-0.2, -0.15) is 5.10 Å². The van der Waals surface area contributed by atoms with Gasteiger partial charge in [0.05, 0.1) is 11.3 Å². The molecule has 22 heavy (non-hydrogen) atoms. The predicted octanol–water partition coefficient (Wildman–Crippen LogP) is 3.33. The molecular formula is C18H17N3O. The van der Waals surface area contributed by atoms with E-state index in [1.54, 1.807) is 0 Å². The monoisotopic (exact) mass is 291 g/mol. The number of hydrazone groups is 1. The van der Waals surface area contributed by atoms with Crippen LogP contribution in [0.5, 0.6) is 0 Å². The second-order valence-corrected chi connectivity index (χ2v) is 5.17. The van der Waals surface area contributed by atoms with Crippen LogP contribution < -0.4 is 5.43 Å². The Kier molecular flexibility index (Phi) is 3.74. The van der Waals surface area contributed by atoms with E-state index in [1.165, 1.54) is 0 Å². The topological polar surface area (TPSA) is 46.4 Å². The normalized spacial score (nSPS) is 11.6. The lowest BCUT2D eigenvalue weighted by atomic mass is 10.1. The average Bonchev–Trinajstić information content (AvgIpc) is 2.91. The summed E-state index contributed by atoms with van der Waals surface area (Å²) in [4.78, 5) is 12.4. The standard InChI is InChI=1S/C18H17N3O/c1-13(14-8-4-3-5-9-14)19-20-18(22)16-12-21(2)17-11-7-6-10-15(16)17/h3-12H,1-2H3,(H,20,22)/b19-13+. The van der Waals surface area contributed by atoms with Gasteiger partial charge in [0.1, 0.15) is 0 Å². The molecule has 3 rings (SSSR count). The van der Waals surface area contributed by atoms with E-state index in [1.807, 2.05) is 79.3 Å². The molecule has 0 unspecified atom stereocenters. The van der Waals surface area contributed by atoms with Crippen molar-refractivity contribution < 1.29 is 4.79 Å². The van der Waals surface area contributed by atoms with E-state index in [0.29, 0.717) is 5.56 Å². The summed E-state index contributed by atoms with van der Waals surface area (Å²) >= 11 is 0. The number of hydrogen-bond acceptors (Lipinski definition) is 2. The zero-order valence-corrected chi connectivity index (χ0v) is 12.6. The maximum atomic E-state index is 12.4. The Morgan fingerprint density at radius 1 is 1.05 bits per heavy atom. The highest BCUT2D eigenvalue weighted by atomic mass is 16.2. The van der Waals surface area contributed by atoms with Crippen LogP contribution in [0.1, 0.15) is 22.8 Å². The van der Waals surface area contributed by atoms with Crippen molar-refractivity contribution in [2.24, 2.45) is 12.1 Å². The molecule has 1 amide bonds. The van der Waals surface area contributed by atoms with Crippen molar-refractivity contribution in [1.29, 1.82) is 0 Å². The molecule has 0 bridgehead atoms. The van der Waals surface area contributed by atoms with E-state index in [0.717, 1.165) is 22.2 Å². The quantitative estimate of drug-likeness (QED) is 0.584. The Morgan fingerprint density at radius 3 is 2.50 bits per heavy atom. The Balaban J connectivity index is 1.85. The van der Waals surface area contributed by atoms with Crippen molar-refractivity contribution in [1.82, 2.24) is 9.99 Å². The molecule has 0 radical (unpaired) electrons. The van der Waals surface area contributed by atoms with Crippen molar-refractivity contribution in [2.45, 2.75) is 6.92 Å². The van der Waals surface area contributed by atoms with Crippen LogP contribution in [0.15, 0.2) is 65.9 Å². The molecule has 3 aromatic rings. The van der Waals surface area contributed by atoms with Gasteiger partial charge in [0.2, 0.25) is 0 Å². The molecule has 0 spiro atoms. The molecule has 0 aliphatic rings. The summed E-state index contributed by atoms with van der Waals surface area (Å²) in [5.41, 5.74) is 6.05. The molecule has 0 saturated carbocycles. The minimum Gasteiger partial charge on any atom is -0.350 e. The SMILES string of the molecule is C/C(=N\NC(=O)c1cn(C)c2ccccc12)c1ccccc1. The molecule has 0 atom stereocenters. The van der Waals surface area contributed by atoms with Gasteiger partial charge in [0, 0.05) is 24.1 Å². The van der Waals surface area contributed by atoms with Crippen LogP contribution in [0.3, 0.4) is 0 Å². The van der Waals surface area contributed by atoms with E-state index in [2.05, 4.69) is 10.5 Å². The van der Waals surface area contributed by atoms with Crippen LogP contribution in [0.25, 0.3) is 10.9 Å². The first-order valence-electron chi connectivity index (χ1n) is 7.11. The van der Waals surface area contributed by atoms with Crippen LogP contribution in [-0.4, -0.2) is 16.2 Å². The van der Waals surface area contributed by atoms with E-state index in [4.69, 9.17) is 0 Å². The van der Waals surface area contributed by atoms with Gasteiger partial charge in [-0.3, -0.25) is 4.79 Å². The first-order valence-corrected chi connectivity index (χ1v) is 7.11. The maximum Gasteiger partial charge on any atom is 0.273 e. The zero-order chi connectivity index (χ0) is 15.5. The van der Waals surface area contributed by atoms with Gasteiger partial charge >= 0.3 is 0 Å². The molecule has 4 nitrogen and oxygen atoms in total. The number of amides is 1. The highest BCUT2D eigenvalue weighted by Crippen LogP contribution is 2.20. The van der Waals surface area contributed by atoms with Crippen LogP contribution in [0.4, 0.5) is 0 Å². The highest BCUT2D eigenvalue weighted by molar-refractivity contribution is 6.07. The predicted molar refractivity (Wildman–Crippen MR) is 89.0 cm³/mol. The smallest absolute Gasteiger partial charge is 0.273 e. The number of benzene rings is 2. The minimum atomic E-state index is -0.202. The molecule has 4 heteroatoms. The van der Waals surface area contributed by atoms with Crippen LogP contribution in [0.2, 0.25) is 0 Å². The Bertz CT molecular complexity index is 847. The summed E-state index contributed by atoms with van der Waals surface area (Å²) in [7, 11) is 1.93. The van der Waals surface area contributed by atoms with Gasteiger partial charge in [0.25, 0.3) is 5.91 Å². The summed E-state index contributed by atoms with van der Waals surface area (Å²) in [5, 5.41) is 5.12. The summed E-state index contributed by atoms with van der Waals surface area (Å²) in [6.07, 6.45) is 1.83. The van der Waals surface area contributed by atoms with Gasteiger partial charge in [-0.1, -0.05) is 48.5 Å². The van der Waals surface area contributed by atoms with Gasteiger partial charge < -0.3 is 4.57 Å². The molecule has 0 fully saturated rings. The van der Waals surface area contributed by atoms with Gasteiger partial charge in [-0.25, -0.2) is 5.43 Å². The second kappa shape index (κ2) is 5.85. The van der Waals surface area contributed by atoms with Crippen molar-refractivity contribution in [3.05, 3.63) is 71.9 Å². The summed E-state index contributed by atoms with van der Waals surface area (Å²) < 4.78 is 1.94. The average molecular weight is 291 g/mol. The number of carbonyl (C=O) groups excluding carboxylic acids is 1. The summed E-state index contributed by atoms with van der Waals surface area (Å²) in [6, 6.07) is 17.6. The van der Waals surface area contributed by atoms with E-state index >= 15 is 0 Å². The van der Waals surface area contributed by atoms with Crippen LogP contribution in [-0.2, 0) is 7.05 Å². The fraction of sp³-hybridized carbons (Fsp3) is 0.111. The van der Waals surface area contributed by atoms with Crippen LogP contribution in [0, 0.1) is 0 Å². The number of aryl methyl sites for hydroxylation is 1.